The predicted octanol–water partition coefficient (Wildman–Crippen LogP) is 1.28. The van der Waals surface area contributed by atoms with Crippen molar-refractivity contribution in [2.75, 3.05) is 43.9 Å². The molecule has 0 fully saturated rings. The molecule has 37 heteroatoms. The SMILES string of the molecule is COc1nc(C)nc(N(C)C(=O)NS(=O)(=O)c2ccccc2C(=O)O)n1.COc1nc(C)nc(NC(=O)NS(=O)(=O)c2ccccc2C(=O)O)n1.COc1nc(C)nc(NC(=O)NS(=O)(=O)c2ccsc2C(=O)O)n1. The number of sulfonamides is 3. The van der Waals surface area contributed by atoms with E-state index >= 15 is 0 Å². The van der Waals surface area contributed by atoms with Gasteiger partial charge in [0.15, 0.2) is 0 Å². The molecule has 0 saturated heterocycles. The Bertz CT molecular complexity index is 3510. The summed E-state index contributed by atoms with van der Waals surface area (Å²) in [5.74, 6) is -4.17. The van der Waals surface area contributed by atoms with Crippen LogP contribution in [0.2, 0.25) is 0 Å². The Hall–Kier alpha value is -9.36. The lowest BCUT2D eigenvalue weighted by atomic mass is 10.2. The van der Waals surface area contributed by atoms with E-state index in [1.54, 1.807) is 21.1 Å². The van der Waals surface area contributed by atoms with E-state index in [0.717, 1.165) is 46.6 Å². The molecule has 6 rings (SSSR count). The van der Waals surface area contributed by atoms with Crippen molar-refractivity contribution in [1.29, 1.82) is 0 Å². The number of aryl methyl sites for hydroxylation is 3. The number of amides is 6. The number of ether oxygens (including phenoxy) is 3. The first-order valence-electron chi connectivity index (χ1n) is 19.8. The van der Waals surface area contributed by atoms with Crippen molar-refractivity contribution in [3.63, 3.8) is 0 Å². The van der Waals surface area contributed by atoms with Gasteiger partial charge in [-0.3, -0.25) is 15.5 Å². The van der Waals surface area contributed by atoms with E-state index in [2.05, 4.69) is 55.5 Å². The number of hydrogen-bond acceptors (Lipinski definition) is 25. The van der Waals surface area contributed by atoms with Gasteiger partial charge in [0.05, 0.1) is 32.5 Å². The Morgan fingerprint density at radius 3 is 1.31 bits per heavy atom. The van der Waals surface area contributed by atoms with E-state index < -0.39 is 96.8 Å². The number of carboxylic acids is 3. The zero-order valence-electron chi connectivity index (χ0n) is 39.3. The number of nitrogens with one attached hydrogen (secondary N) is 5. The predicted molar refractivity (Wildman–Crippen MR) is 254 cm³/mol. The minimum Gasteiger partial charge on any atom is -0.478 e. The highest BCUT2D eigenvalue weighted by molar-refractivity contribution is 7.90. The fourth-order valence-corrected chi connectivity index (χ4v) is 9.71. The van der Waals surface area contributed by atoms with Gasteiger partial charge in [0.25, 0.3) is 30.1 Å². The van der Waals surface area contributed by atoms with Crippen LogP contribution in [0.5, 0.6) is 18.0 Å². The minimum atomic E-state index is -4.44. The van der Waals surface area contributed by atoms with Crippen LogP contribution in [-0.4, -0.2) is 150 Å². The Labute approximate surface area is 427 Å². The number of benzene rings is 2. The molecule has 33 nitrogen and oxygen atoms in total. The Kier molecular flexibility index (Phi) is 19.3. The van der Waals surface area contributed by atoms with Crippen LogP contribution in [0, 0.1) is 20.8 Å². The largest absolute Gasteiger partial charge is 0.478 e. The van der Waals surface area contributed by atoms with Crippen LogP contribution in [0.15, 0.2) is 74.7 Å². The van der Waals surface area contributed by atoms with Gasteiger partial charge in [-0.05, 0) is 56.5 Å². The molecule has 0 saturated carbocycles. The van der Waals surface area contributed by atoms with E-state index in [0.29, 0.717) is 0 Å². The summed E-state index contributed by atoms with van der Waals surface area (Å²) in [6.07, 6.45) is 0. The molecule has 4 heterocycles. The molecule has 4 aromatic heterocycles. The van der Waals surface area contributed by atoms with Crippen molar-refractivity contribution in [1.82, 2.24) is 59.0 Å². The van der Waals surface area contributed by atoms with Gasteiger partial charge in [0.1, 0.15) is 37.0 Å². The van der Waals surface area contributed by atoms with Gasteiger partial charge in [-0.1, -0.05) is 24.3 Å². The molecule has 0 radical (unpaired) electrons. The topological polar surface area (TPSA) is 473 Å². The number of nitrogens with zero attached hydrogens (tertiary/aromatic N) is 10. The van der Waals surface area contributed by atoms with Crippen molar-refractivity contribution in [3.05, 3.63) is 93.5 Å². The van der Waals surface area contributed by atoms with E-state index in [-0.39, 0.29) is 53.3 Å². The van der Waals surface area contributed by atoms with Crippen LogP contribution in [0.4, 0.5) is 32.2 Å². The summed E-state index contributed by atoms with van der Waals surface area (Å²) in [5, 5.41) is 32.6. The van der Waals surface area contributed by atoms with Gasteiger partial charge in [0, 0.05) is 7.05 Å². The molecule has 6 amide bonds. The summed E-state index contributed by atoms with van der Waals surface area (Å²) in [6.45, 7) is 4.58. The third-order valence-electron chi connectivity index (χ3n) is 8.37. The summed E-state index contributed by atoms with van der Waals surface area (Å²) in [6, 6.07) is 7.26. The zero-order chi connectivity index (χ0) is 56.0. The van der Waals surface area contributed by atoms with Gasteiger partial charge < -0.3 is 29.5 Å². The van der Waals surface area contributed by atoms with Crippen molar-refractivity contribution in [2.24, 2.45) is 0 Å². The molecular formula is C38H39N15O18S4. The van der Waals surface area contributed by atoms with E-state index in [4.69, 9.17) is 29.5 Å². The number of carboxylic acid groups (broad SMARTS) is 3. The molecule has 2 aromatic carbocycles. The molecule has 0 spiro atoms. The summed E-state index contributed by atoms with van der Waals surface area (Å²) >= 11 is 0.723. The number of aromatic carboxylic acids is 3. The first kappa shape index (κ1) is 58.2. The maximum atomic E-state index is 12.4. The molecule has 398 valence electrons. The van der Waals surface area contributed by atoms with Crippen molar-refractivity contribution in [2.45, 2.75) is 35.5 Å². The molecule has 8 N–H and O–H groups in total. The summed E-state index contributed by atoms with van der Waals surface area (Å²) in [7, 11) is -8.05. The molecular weight excluding hydrogens is 1080 g/mol. The number of anilines is 3. The molecule has 0 unspecified atom stereocenters. The minimum absolute atomic E-state index is 0.0498. The first-order valence-corrected chi connectivity index (χ1v) is 25.2. The van der Waals surface area contributed by atoms with Crippen LogP contribution < -0.4 is 43.9 Å². The lowest BCUT2D eigenvalue weighted by Gasteiger charge is -2.17. The number of carbonyl (C=O) groups excluding carboxylic acids is 3. The first-order chi connectivity index (χ1) is 35.1. The normalized spacial score (nSPS) is 10.9. The second kappa shape index (κ2) is 24.9. The molecule has 0 aliphatic heterocycles. The third-order valence-corrected chi connectivity index (χ3v) is 13.5. The number of rotatable bonds is 15. The van der Waals surface area contributed by atoms with Gasteiger partial charge in [-0.15, -0.1) is 11.3 Å². The number of urea groups is 3. The number of thiophene rings is 1. The van der Waals surface area contributed by atoms with Gasteiger partial charge in [-0.25, -0.2) is 68.2 Å². The van der Waals surface area contributed by atoms with Crippen molar-refractivity contribution >= 4 is 95.3 Å². The van der Waals surface area contributed by atoms with Crippen molar-refractivity contribution < 1.29 is 83.6 Å². The average Bonchev–Trinajstić information content (AvgIpc) is 3.85. The highest BCUT2D eigenvalue weighted by Gasteiger charge is 2.29. The smallest absolute Gasteiger partial charge is 0.347 e. The fourth-order valence-electron chi connectivity index (χ4n) is 5.25. The molecule has 0 aliphatic carbocycles. The van der Waals surface area contributed by atoms with Crippen LogP contribution >= 0.6 is 11.3 Å². The van der Waals surface area contributed by atoms with E-state index in [9.17, 15) is 54.0 Å². The highest BCUT2D eigenvalue weighted by Crippen LogP contribution is 2.22. The number of aromatic nitrogens is 9. The van der Waals surface area contributed by atoms with Crippen LogP contribution in [-0.2, 0) is 30.1 Å². The highest BCUT2D eigenvalue weighted by atomic mass is 32.2. The second-order valence-electron chi connectivity index (χ2n) is 13.7. The number of carbonyl (C=O) groups is 6. The molecule has 0 atom stereocenters. The summed E-state index contributed by atoms with van der Waals surface area (Å²) in [4.78, 5) is 102. The Balaban J connectivity index is 0.000000244. The third kappa shape index (κ3) is 16.1. The van der Waals surface area contributed by atoms with Crippen LogP contribution in [0.1, 0.15) is 47.9 Å². The second-order valence-corrected chi connectivity index (χ2v) is 19.5. The lowest BCUT2D eigenvalue weighted by molar-refractivity contribution is 0.0682. The monoisotopic (exact) mass is 1120 g/mol. The fraction of sp³-hybridized carbons (Fsp3) is 0.184. The lowest BCUT2D eigenvalue weighted by Crippen LogP contribution is -2.42. The molecule has 0 bridgehead atoms. The van der Waals surface area contributed by atoms with Crippen molar-refractivity contribution in [3.8, 4) is 18.0 Å². The number of methoxy groups -OCH3 is 3. The Morgan fingerprint density at radius 1 is 0.507 bits per heavy atom. The molecule has 6 aromatic rings. The van der Waals surface area contributed by atoms with Gasteiger partial charge in [-0.2, -0.15) is 44.9 Å². The maximum Gasteiger partial charge on any atom is 0.347 e. The zero-order valence-corrected chi connectivity index (χ0v) is 42.6. The standard InChI is InChI=1S/C14H15N5O6S.C13H13N5O6S.C11H11N5O6S2/c1-8-15-12(17-13(16-8)25-3)19(2)14(22)18-26(23,24)10-7-5-4-6-9(10)11(20)21;1-7-14-11(17-13(15-7)24-2)16-12(21)18-25(22,23)9-6-4-3-5-8(9)10(19)20;1-5-12-9(15-11(13-5)22-2)14-10(19)16-24(20,21)6-3-4-23-7(6)8(17)18/h4-7H,1-3H3,(H,18,22)(H,20,21);3-6H,1-2H3,(H,19,20)(H2,14,15,16,17,18,21);3-4H,1-2H3,(H,17,18)(H2,12,13,14,15,16,19). The van der Waals surface area contributed by atoms with Crippen LogP contribution in [0.3, 0.4) is 0 Å². The molecule has 0 aliphatic rings. The summed E-state index contributed by atoms with van der Waals surface area (Å²) < 4.78 is 93.1. The average molecular weight is 1120 g/mol. The quantitative estimate of drug-likeness (QED) is 0.0718. The Morgan fingerprint density at radius 2 is 0.893 bits per heavy atom. The van der Waals surface area contributed by atoms with Gasteiger partial charge >= 0.3 is 54.0 Å². The van der Waals surface area contributed by atoms with Gasteiger partial charge in [0.2, 0.25) is 17.8 Å². The molecule has 75 heavy (non-hydrogen) atoms. The number of hydrogen-bond donors (Lipinski definition) is 8. The van der Waals surface area contributed by atoms with E-state index in [1.165, 1.54) is 71.9 Å². The summed E-state index contributed by atoms with van der Waals surface area (Å²) in [5.41, 5.74) is -0.936. The van der Waals surface area contributed by atoms with Crippen LogP contribution in [0.25, 0.3) is 0 Å². The maximum absolute atomic E-state index is 12.4. The van der Waals surface area contributed by atoms with E-state index in [1.807, 2.05) is 0 Å².